The van der Waals surface area contributed by atoms with E-state index in [0.717, 1.165) is 22.4 Å². The van der Waals surface area contributed by atoms with Gasteiger partial charge in [0.05, 0.1) is 24.6 Å². The zero-order chi connectivity index (χ0) is 25.8. The van der Waals surface area contributed by atoms with Crippen molar-refractivity contribution in [3.8, 4) is 28.6 Å². The van der Waals surface area contributed by atoms with Crippen LogP contribution in [0.15, 0.2) is 59.5 Å². The Morgan fingerprint density at radius 3 is 2.53 bits per heavy atom. The Balaban J connectivity index is 1.66. The molecule has 4 aromatic rings. The standard InChI is InChI=1S/C27H27ClN4O4/c1-16-5-8-20(22-11-12-29-24(31-22)13-17(2)33)14-23(16)32-18(3)30-26(25(28)27(32)34)36-15-19-6-9-21(35-4)10-7-19/h5-12,14,17,33H,13,15H2,1-4H3. The predicted octanol–water partition coefficient (Wildman–Crippen LogP) is 4.47. The first-order valence-corrected chi connectivity index (χ1v) is 11.8. The van der Waals surface area contributed by atoms with Crippen LogP contribution in [0, 0.1) is 13.8 Å². The minimum Gasteiger partial charge on any atom is -0.497 e. The summed E-state index contributed by atoms with van der Waals surface area (Å²) in [6.45, 7) is 5.54. The molecule has 0 amide bonds. The van der Waals surface area contributed by atoms with Crippen molar-refractivity contribution in [3.05, 3.63) is 92.9 Å². The highest BCUT2D eigenvalue weighted by Crippen LogP contribution is 2.26. The van der Waals surface area contributed by atoms with Crippen LogP contribution >= 0.6 is 11.6 Å². The molecule has 0 aliphatic carbocycles. The lowest BCUT2D eigenvalue weighted by Gasteiger charge is -2.16. The summed E-state index contributed by atoms with van der Waals surface area (Å²) in [6, 6.07) is 14.9. The van der Waals surface area contributed by atoms with E-state index < -0.39 is 11.7 Å². The molecule has 36 heavy (non-hydrogen) atoms. The summed E-state index contributed by atoms with van der Waals surface area (Å²) >= 11 is 6.43. The van der Waals surface area contributed by atoms with E-state index in [4.69, 9.17) is 21.1 Å². The third-order valence-electron chi connectivity index (χ3n) is 5.63. The van der Waals surface area contributed by atoms with Crippen molar-refractivity contribution in [2.45, 2.75) is 39.9 Å². The normalized spacial score (nSPS) is 11.8. The number of methoxy groups -OCH3 is 1. The lowest BCUT2D eigenvalue weighted by Crippen LogP contribution is -2.24. The van der Waals surface area contributed by atoms with E-state index in [1.807, 2.05) is 49.4 Å². The maximum Gasteiger partial charge on any atom is 0.280 e. The first-order chi connectivity index (χ1) is 17.3. The first-order valence-electron chi connectivity index (χ1n) is 11.4. The number of aliphatic hydroxyl groups is 1. The fourth-order valence-corrected chi connectivity index (χ4v) is 3.95. The van der Waals surface area contributed by atoms with Gasteiger partial charge in [0.15, 0.2) is 5.02 Å². The van der Waals surface area contributed by atoms with Crippen LogP contribution in [0.2, 0.25) is 5.02 Å². The molecule has 0 aliphatic heterocycles. The number of hydrogen-bond acceptors (Lipinski definition) is 7. The van der Waals surface area contributed by atoms with Crippen molar-refractivity contribution in [1.29, 1.82) is 0 Å². The number of aromatic nitrogens is 4. The Morgan fingerprint density at radius 2 is 1.83 bits per heavy atom. The SMILES string of the molecule is COc1ccc(COc2nc(C)n(-c3cc(-c4ccnc(CC(C)O)n4)ccc3C)c(=O)c2Cl)cc1. The maximum absolute atomic E-state index is 13.3. The molecule has 1 N–H and O–H groups in total. The van der Waals surface area contributed by atoms with Gasteiger partial charge in [-0.1, -0.05) is 35.9 Å². The first kappa shape index (κ1) is 25.3. The zero-order valence-corrected chi connectivity index (χ0v) is 21.3. The highest BCUT2D eigenvalue weighted by Gasteiger charge is 2.18. The summed E-state index contributed by atoms with van der Waals surface area (Å²) in [5.41, 5.74) is 3.46. The lowest BCUT2D eigenvalue weighted by molar-refractivity contribution is 0.193. The Hall–Kier alpha value is -3.75. The highest BCUT2D eigenvalue weighted by atomic mass is 35.5. The molecule has 0 spiro atoms. The van der Waals surface area contributed by atoms with Gasteiger partial charge < -0.3 is 14.6 Å². The summed E-state index contributed by atoms with van der Waals surface area (Å²) in [5.74, 6) is 1.80. The maximum atomic E-state index is 13.3. The van der Waals surface area contributed by atoms with Gasteiger partial charge in [0, 0.05) is 18.2 Å². The number of aryl methyl sites for hydroxylation is 2. The topological polar surface area (TPSA) is 99.4 Å². The Bertz CT molecular complexity index is 1440. The van der Waals surface area contributed by atoms with Gasteiger partial charge in [-0.25, -0.2) is 9.97 Å². The van der Waals surface area contributed by atoms with Gasteiger partial charge in [0.25, 0.3) is 5.56 Å². The van der Waals surface area contributed by atoms with E-state index in [1.165, 1.54) is 4.57 Å². The monoisotopic (exact) mass is 506 g/mol. The third-order valence-corrected chi connectivity index (χ3v) is 5.95. The van der Waals surface area contributed by atoms with Crippen LogP contribution in [0.25, 0.3) is 16.9 Å². The van der Waals surface area contributed by atoms with Crippen LogP contribution in [0.3, 0.4) is 0 Å². The minimum atomic E-state index is -0.547. The Kier molecular flexibility index (Phi) is 7.67. The van der Waals surface area contributed by atoms with Crippen molar-refractivity contribution in [2.24, 2.45) is 0 Å². The molecular weight excluding hydrogens is 480 g/mol. The lowest BCUT2D eigenvalue weighted by atomic mass is 10.1. The number of hydrogen-bond donors (Lipinski definition) is 1. The van der Waals surface area contributed by atoms with E-state index in [0.29, 0.717) is 29.5 Å². The van der Waals surface area contributed by atoms with Gasteiger partial charge in [0.2, 0.25) is 5.88 Å². The molecular formula is C27H27ClN4O4. The Morgan fingerprint density at radius 1 is 1.08 bits per heavy atom. The molecule has 0 saturated heterocycles. The Labute approximate surface area is 214 Å². The summed E-state index contributed by atoms with van der Waals surface area (Å²) in [7, 11) is 1.60. The molecule has 2 heterocycles. The van der Waals surface area contributed by atoms with Crippen molar-refractivity contribution in [3.63, 3.8) is 0 Å². The number of nitrogens with zero attached hydrogens (tertiary/aromatic N) is 4. The fraction of sp³-hybridized carbons (Fsp3) is 0.259. The highest BCUT2D eigenvalue weighted by molar-refractivity contribution is 6.31. The molecule has 2 aromatic carbocycles. The van der Waals surface area contributed by atoms with E-state index in [1.54, 1.807) is 33.2 Å². The molecule has 0 fully saturated rings. The van der Waals surface area contributed by atoms with Gasteiger partial charge in [-0.15, -0.1) is 0 Å². The number of benzene rings is 2. The second-order valence-electron chi connectivity index (χ2n) is 8.47. The summed E-state index contributed by atoms with van der Waals surface area (Å²) in [4.78, 5) is 26.6. The van der Waals surface area contributed by atoms with Crippen molar-refractivity contribution < 1.29 is 14.6 Å². The van der Waals surface area contributed by atoms with Crippen molar-refractivity contribution in [1.82, 2.24) is 19.5 Å². The van der Waals surface area contributed by atoms with E-state index in [2.05, 4.69) is 15.0 Å². The van der Waals surface area contributed by atoms with Crippen molar-refractivity contribution in [2.75, 3.05) is 7.11 Å². The molecule has 9 heteroatoms. The van der Waals surface area contributed by atoms with Gasteiger partial charge in [-0.05, 0) is 56.2 Å². The van der Waals surface area contributed by atoms with Crippen LogP contribution in [-0.2, 0) is 13.0 Å². The summed E-state index contributed by atoms with van der Waals surface area (Å²) in [6.07, 6.45) is 1.46. The largest absolute Gasteiger partial charge is 0.497 e. The number of rotatable bonds is 8. The molecule has 2 aromatic heterocycles. The summed E-state index contributed by atoms with van der Waals surface area (Å²) < 4.78 is 12.4. The van der Waals surface area contributed by atoms with Crippen LogP contribution in [0.1, 0.15) is 29.7 Å². The zero-order valence-electron chi connectivity index (χ0n) is 20.5. The van der Waals surface area contributed by atoms with Gasteiger partial charge in [0.1, 0.15) is 24.0 Å². The predicted molar refractivity (Wildman–Crippen MR) is 138 cm³/mol. The molecule has 1 unspecified atom stereocenters. The minimum absolute atomic E-state index is 0.0820. The fourth-order valence-electron chi connectivity index (χ4n) is 3.77. The van der Waals surface area contributed by atoms with E-state index in [-0.39, 0.29) is 17.5 Å². The number of halogens is 1. The quantitative estimate of drug-likeness (QED) is 0.376. The van der Waals surface area contributed by atoms with Crippen LogP contribution in [-0.4, -0.2) is 37.8 Å². The second-order valence-corrected chi connectivity index (χ2v) is 8.85. The molecule has 0 bridgehead atoms. The van der Waals surface area contributed by atoms with Gasteiger partial charge in [-0.2, -0.15) is 4.98 Å². The van der Waals surface area contributed by atoms with E-state index >= 15 is 0 Å². The molecule has 8 nitrogen and oxygen atoms in total. The van der Waals surface area contributed by atoms with Gasteiger partial charge >= 0.3 is 0 Å². The van der Waals surface area contributed by atoms with Crippen LogP contribution < -0.4 is 15.0 Å². The molecule has 186 valence electrons. The molecule has 0 aliphatic rings. The molecule has 0 radical (unpaired) electrons. The second kappa shape index (κ2) is 10.9. The smallest absolute Gasteiger partial charge is 0.280 e. The van der Waals surface area contributed by atoms with Crippen molar-refractivity contribution >= 4 is 11.6 Å². The van der Waals surface area contributed by atoms with Crippen LogP contribution in [0.5, 0.6) is 11.6 Å². The molecule has 1 atom stereocenters. The number of aliphatic hydroxyl groups excluding tert-OH is 1. The number of ether oxygens (including phenoxy) is 2. The van der Waals surface area contributed by atoms with Crippen LogP contribution in [0.4, 0.5) is 0 Å². The van der Waals surface area contributed by atoms with Gasteiger partial charge in [-0.3, -0.25) is 9.36 Å². The summed E-state index contributed by atoms with van der Waals surface area (Å²) in [5, 5.41) is 9.58. The molecule has 4 rings (SSSR count). The average Bonchev–Trinajstić information content (AvgIpc) is 2.86. The third kappa shape index (κ3) is 5.56. The average molecular weight is 507 g/mol. The molecule has 0 saturated carbocycles. The van der Waals surface area contributed by atoms with E-state index in [9.17, 15) is 9.90 Å².